The molecule has 1 rings (SSSR count). The van der Waals surface area contributed by atoms with Crippen LogP contribution < -0.4 is 15.4 Å². The third-order valence-electron chi connectivity index (χ3n) is 2.34. The molecule has 1 aromatic heterocycles. The van der Waals surface area contributed by atoms with E-state index in [1.54, 1.807) is 13.3 Å². The van der Waals surface area contributed by atoms with Gasteiger partial charge in [0.15, 0.2) is 0 Å². The van der Waals surface area contributed by atoms with Crippen molar-refractivity contribution in [2.75, 3.05) is 25.5 Å². The Morgan fingerprint density at radius 2 is 2.22 bits per heavy atom. The van der Waals surface area contributed by atoms with Crippen molar-refractivity contribution in [1.29, 1.82) is 0 Å². The van der Waals surface area contributed by atoms with Gasteiger partial charge in [0, 0.05) is 19.5 Å². The molecular formula is C13H21N3O2. The fourth-order valence-electron chi connectivity index (χ4n) is 1.32. The molecule has 1 amide bonds. The molecule has 0 saturated carbocycles. The van der Waals surface area contributed by atoms with Crippen LogP contribution in [-0.4, -0.2) is 31.1 Å². The topological polar surface area (TPSA) is 63.2 Å². The van der Waals surface area contributed by atoms with E-state index in [4.69, 9.17) is 4.74 Å². The van der Waals surface area contributed by atoms with E-state index in [0.717, 1.165) is 18.1 Å². The maximum absolute atomic E-state index is 11.4. The maximum Gasteiger partial charge on any atom is 0.221 e. The number of anilines is 1. The molecule has 0 aliphatic rings. The first-order chi connectivity index (χ1) is 8.61. The lowest BCUT2D eigenvalue weighted by Crippen LogP contribution is -2.28. The van der Waals surface area contributed by atoms with Gasteiger partial charge in [-0.1, -0.05) is 13.8 Å². The van der Waals surface area contributed by atoms with Gasteiger partial charge in [-0.2, -0.15) is 0 Å². The van der Waals surface area contributed by atoms with Gasteiger partial charge in [-0.05, 0) is 18.1 Å². The number of carbonyl (C=O) groups excluding carboxylic acids is 1. The van der Waals surface area contributed by atoms with E-state index in [1.807, 2.05) is 12.1 Å². The number of pyridine rings is 1. The molecule has 0 unspecified atom stereocenters. The van der Waals surface area contributed by atoms with Crippen LogP contribution in [-0.2, 0) is 4.79 Å². The number of nitrogens with zero attached hydrogens (tertiary/aromatic N) is 1. The quantitative estimate of drug-likeness (QED) is 0.773. The lowest BCUT2D eigenvalue weighted by atomic mass is 10.2. The standard InChI is InChI=1S/C13H21N3O2/c1-10(2)8-16-13(17)6-7-14-12-5-4-11(18-3)9-15-12/h4-5,9-10H,6-8H2,1-3H3,(H,14,15)(H,16,17). The van der Waals surface area contributed by atoms with E-state index < -0.39 is 0 Å². The normalized spacial score (nSPS) is 10.2. The Hall–Kier alpha value is -1.78. The Morgan fingerprint density at radius 3 is 2.78 bits per heavy atom. The maximum atomic E-state index is 11.4. The molecule has 0 fully saturated rings. The van der Waals surface area contributed by atoms with E-state index in [-0.39, 0.29) is 5.91 Å². The molecule has 1 aromatic rings. The molecule has 0 atom stereocenters. The van der Waals surface area contributed by atoms with Crippen LogP contribution in [0.2, 0.25) is 0 Å². The van der Waals surface area contributed by atoms with Crippen LogP contribution in [0.5, 0.6) is 5.75 Å². The molecule has 0 aliphatic heterocycles. The number of amides is 1. The van der Waals surface area contributed by atoms with Crippen LogP contribution >= 0.6 is 0 Å². The Balaban J connectivity index is 2.22. The van der Waals surface area contributed by atoms with Crippen molar-refractivity contribution in [3.63, 3.8) is 0 Å². The first-order valence-electron chi connectivity index (χ1n) is 6.12. The van der Waals surface area contributed by atoms with Gasteiger partial charge in [0.2, 0.25) is 5.91 Å². The molecule has 0 bridgehead atoms. The fourth-order valence-corrected chi connectivity index (χ4v) is 1.32. The van der Waals surface area contributed by atoms with Crippen molar-refractivity contribution in [2.24, 2.45) is 5.92 Å². The van der Waals surface area contributed by atoms with Crippen molar-refractivity contribution in [1.82, 2.24) is 10.3 Å². The second-order valence-corrected chi connectivity index (χ2v) is 4.46. The molecule has 0 saturated heterocycles. The van der Waals surface area contributed by atoms with Gasteiger partial charge in [-0.3, -0.25) is 4.79 Å². The third-order valence-corrected chi connectivity index (χ3v) is 2.34. The summed E-state index contributed by atoms with van der Waals surface area (Å²) in [5.41, 5.74) is 0. The molecule has 5 nitrogen and oxygen atoms in total. The SMILES string of the molecule is COc1ccc(NCCC(=O)NCC(C)C)nc1. The van der Waals surface area contributed by atoms with E-state index in [9.17, 15) is 4.79 Å². The van der Waals surface area contributed by atoms with E-state index in [1.165, 1.54) is 0 Å². The monoisotopic (exact) mass is 251 g/mol. The molecule has 18 heavy (non-hydrogen) atoms. The van der Waals surface area contributed by atoms with Crippen molar-refractivity contribution in [2.45, 2.75) is 20.3 Å². The molecule has 100 valence electrons. The lowest BCUT2D eigenvalue weighted by molar-refractivity contribution is -0.120. The molecular weight excluding hydrogens is 230 g/mol. The van der Waals surface area contributed by atoms with Gasteiger partial charge in [0.1, 0.15) is 11.6 Å². The van der Waals surface area contributed by atoms with Crippen molar-refractivity contribution >= 4 is 11.7 Å². The summed E-state index contributed by atoms with van der Waals surface area (Å²) in [4.78, 5) is 15.6. The Bertz CT molecular complexity index is 363. The lowest BCUT2D eigenvalue weighted by Gasteiger charge is -2.08. The number of hydrogen-bond donors (Lipinski definition) is 2. The Morgan fingerprint density at radius 1 is 1.44 bits per heavy atom. The Labute approximate surface area is 108 Å². The van der Waals surface area contributed by atoms with E-state index >= 15 is 0 Å². The molecule has 0 spiro atoms. The smallest absolute Gasteiger partial charge is 0.221 e. The second-order valence-electron chi connectivity index (χ2n) is 4.46. The second kappa shape index (κ2) is 7.53. The average molecular weight is 251 g/mol. The minimum absolute atomic E-state index is 0.0599. The van der Waals surface area contributed by atoms with Gasteiger partial charge < -0.3 is 15.4 Å². The predicted molar refractivity (Wildman–Crippen MR) is 71.7 cm³/mol. The first-order valence-corrected chi connectivity index (χ1v) is 6.12. The number of carbonyl (C=O) groups is 1. The summed E-state index contributed by atoms with van der Waals surface area (Å²) < 4.78 is 5.01. The van der Waals surface area contributed by atoms with Crippen molar-refractivity contribution in [3.05, 3.63) is 18.3 Å². The number of methoxy groups -OCH3 is 1. The number of nitrogens with one attached hydrogen (secondary N) is 2. The summed E-state index contributed by atoms with van der Waals surface area (Å²) >= 11 is 0. The predicted octanol–water partition coefficient (Wildman–Crippen LogP) is 1.66. The molecule has 0 aliphatic carbocycles. The van der Waals surface area contributed by atoms with Gasteiger partial charge in [0.25, 0.3) is 0 Å². The molecule has 5 heteroatoms. The number of ether oxygens (including phenoxy) is 1. The summed E-state index contributed by atoms with van der Waals surface area (Å²) in [5.74, 6) is 2.00. The molecule has 2 N–H and O–H groups in total. The summed E-state index contributed by atoms with van der Waals surface area (Å²) in [6.07, 6.45) is 2.08. The van der Waals surface area contributed by atoms with Gasteiger partial charge in [0.05, 0.1) is 13.3 Å². The fraction of sp³-hybridized carbons (Fsp3) is 0.538. The highest BCUT2D eigenvalue weighted by molar-refractivity contribution is 5.76. The number of aromatic nitrogens is 1. The van der Waals surface area contributed by atoms with Crippen LogP contribution in [0.4, 0.5) is 5.82 Å². The minimum Gasteiger partial charge on any atom is -0.495 e. The molecule has 0 aromatic carbocycles. The zero-order chi connectivity index (χ0) is 13.4. The first kappa shape index (κ1) is 14.3. The van der Waals surface area contributed by atoms with Crippen molar-refractivity contribution in [3.8, 4) is 5.75 Å². The van der Waals surface area contributed by atoms with Crippen molar-refractivity contribution < 1.29 is 9.53 Å². The van der Waals surface area contributed by atoms with Gasteiger partial charge in [-0.15, -0.1) is 0 Å². The average Bonchev–Trinajstić information content (AvgIpc) is 2.37. The summed E-state index contributed by atoms with van der Waals surface area (Å²) in [7, 11) is 1.60. The largest absolute Gasteiger partial charge is 0.495 e. The number of hydrogen-bond acceptors (Lipinski definition) is 4. The third kappa shape index (κ3) is 5.52. The van der Waals surface area contributed by atoms with E-state index in [0.29, 0.717) is 18.9 Å². The van der Waals surface area contributed by atoms with Crippen LogP contribution in [0.15, 0.2) is 18.3 Å². The summed E-state index contributed by atoms with van der Waals surface area (Å²) in [5, 5.41) is 5.95. The van der Waals surface area contributed by atoms with Crippen LogP contribution in [0.25, 0.3) is 0 Å². The zero-order valence-corrected chi connectivity index (χ0v) is 11.2. The van der Waals surface area contributed by atoms with Crippen LogP contribution in [0.3, 0.4) is 0 Å². The minimum atomic E-state index is 0.0599. The highest BCUT2D eigenvalue weighted by atomic mass is 16.5. The Kier molecular flexibility index (Phi) is 5.97. The summed E-state index contributed by atoms with van der Waals surface area (Å²) in [6.45, 7) is 5.43. The van der Waals surface area contributed by atoms with Gasteiger partial charge in [-0.25, -0.2) is 4.98 Å². The number of rotatable bonds is 7. The molecule has 0 radical (unpaired) electrons. The summed E-state index contributed by atoms with van der Waals surface area (Å²) in [6, 6.07) is 3.65. The molecule has 1 heterocycles. The van der Waals surface area contributed by atoms with Crippen LogP contribution in [0, 0.1) is 5.92 Å². The zero-order valence-electron chi connectivity index (χ0n) is 11.2. The highest BCUT2D eigenvalue weighted by Gasteiger charge is 2.02. The van der Waals surface area contributed by atoms with Gasteiger partial charge >= 0.3 is 0 Å². The van der Waals surface area contributed by atoms with E-state index in [2.05, 4.69) is 29.5 Å². The highest BCUT2D eigenvalue weighted by Crippen LogP contribution is 2.10. The van der Waals surface area contributed by atoms with Crippen LogP contribution in [0.1, 0.15) is 20.3 Å².